The molecule has 0 aliphatic carbocycles. The number of nitrogens with zero attached hydrogens (tertiary/aromatic N) is 2. The van der Waals surface area contributed by atoms with Crippen LogP contribution in [-0.2, 0) is 9.53 Å². The molecular weight excluding hydrogens is 471 g/mol. The quantitative estimate of drug-likeness (QED) is 0.524. The number of aromatic nitrogens is 1. The fourth-order valence-electron chi connectivity index (χ4n) is 3.64. The maximum absolute atomic E-state index is 13.6. The Morgan fingerprint density at radius 2 is 1.94 bits per heavy atom. The molecule has 0 fully saturated rings. The normalized spacial score (nSPS) is 15.9. The standard InChI is InChI=1S/C23H18Cl2N2O4S/c1-12-19(22(29)31-3)20(15-11-14(24)8-9-17(15)30-2)27-21(28)18(32-23(27)26-12)10-13-6-4-5-7-16(13)25/h4-11,20H,1-3H3/b18-10-/t20-/m0/s1. The summed E-state index contributed by atoms with van der Waals surface area (Å²) in [4.78, 5) is 31.3. The number of fused-ring (bicyclic) bond motifs is 1. The number of allylic oxidation sites excluding steroid dienone is 1. The highest BCUT2D eigenvalue weighted by Crippen LogP contribution is 2.37. The summed E-state index contributed by atoms with van der Waals surface area (Å²) in [5, 5.41) is 0.968. The summed E-state index contributed by atoms with van der Waals surface area (Å²) < 4.78 is 12.4. The van der Waals surface area contributed by atoms with Gasteiger partial charge in [-0.2, -0.15) is 0 Å². The molecule has 0 spiro atoms. The van der Waals surface area contributed by atoms with Crippen molar-refractivity contribution >= 4 is 46.6 Å². The van der Waals surface area contributed by atoms with E-state index in [2.05, 4.69) is 4.99 Å². The summed E-state index contributed by atoms with van der Waals surface area (Å²) in [6.45, 7) is 1.71. The smallest absolute Gasteiger partial charge is 0.338 e. The van der Waals surface area contributed by atoms with Crippen molar-refractivity contribution in [1.29, 1.82) is 0 Å². The van der Waals surface area contributed by atoms with Crippen LogP contribution in [0.25, 0.3) is 6.08 Å². The molecule has 4 rings (SSSR count). The van der Waals surface area contributed by atoms with Gasteiger partial charge >= 0.3 is 5.97 Å². The number of hydrogen-bond donors (Lipinski definition) is 0. The van der Waals surface area contributed by atoms with Crippen LogP contribution in [0.15, 0.2) is 63.5 Å². The molecule has 1 aliphatic heterocycles. The Kier molecular flexibility index (Phi) is 6.24. The van der Waals surface area contributed by atoms with Crippen LogP contribution in [0.2, 0.25) is 10.0 Å². The van der Waals surface area contributed by atoms with Crippen molar-refractivity contribution in [3.63, 3.8) is 0 Å². The topological polar surface area (TPSA) is 69.9 Å². The van der Waals surface area contributed by atoms with Crippen LogP contribution >= 0.6 is 34.5 Å². The highest BCUT2D eigenvalue weighted by atomic mass is 35.5. The van der Waals surface area contributed by atoms with Crippen LogP contribution in [0.1, 0.15) is 24.1 Å². The van der Waals surface area contributed by atoms with E-state index in [1.54, 1.807) is 37.3 Å². The highest BCUT2D eigenvalue weighted by molar-refractivity contribution is 7.07. The second-order valence-electron chi connectivity index (χ2n) is 6.98. The fraction of sp³-hybridized carbons (Fsp3) is 0.174. The Morgan fingerprint density at radius 3 is 2.62 bits per heavy atom. The monoisotopic (exact) mass is 488 g/mol. The van der Waals surface area contributed by atoms with Crippen molar-refractivity contribution in [3.8, 4) is 5.75 Å². The van der Waals surface area contributed by atoms with Crippen molar-refractivity contribution in [2.45, 2.75) is 13.0 Å². The number of esters is 1. The molecule has 9 heteroatoms. The van der Waals surface area contributed by atoms with E-state index in [1.807, 2.05) is 18.2 Å². The van der Waals surface area contributed by atoms with Crippen LogP contribution in [0.5, 0.6) is 5.75 Å². The van der Waals surface area contributed by atoms with Gasteiger partial charge in [0.2, 0.25) is 0 Å². The number of hydrogen-bond acceptors (Lipinski definition) is 6. The van der Waals surface area contributed by atoms with Gasteiger partial charge in [0.05, 0.1) is 30.0 Å². The molecule has 0 radical (unpaired) electrons. The molecular formula is C23H18Cl2N2O4S. The van der Waals surface area contributed by atoms with Crippen LogP contribution in [0.4, 0.5) is 0 Å². The third-order valence-corrected chi connectivity index (χ3v) is 6.67. The van der Waals surface area contributed by atoms with E-state index in [9.17, 15) is 9.59 Å². The number of carbonyl (C=O) groups is 1. The number of benzene rings is 2. The summed E-state index contributed by atoms with van der Waals surface area (Å²) in [7, 11) is 2.81. The van der Waals surface area contributed by atoms with Gasteiger partial charge in [0.15, 0.2) is 4.80 Å². The minimum Gasteiger partial charge on any atom is -0.496 e. The zero-order valence-electron chi connectivity index (χ0n) is 17.4. The Bertz CT molecular complexity index is 1440. The number of rotatable bonds is 4. The van der Waals surface area contributed by atoms with Gasteiger partial charge in [-0.25, -0.2) is 9.79 Å². The molecule has 0 bridgehead atoms. The summed E-state index contributed by atoms with van der Waals surface area (Å²) in [5.41, 5.74) is 1.65. The Balaban J connectivity index is 2.05. The molecule has 3 aromatic rings. The zero-order chi connectivity index (χ0) is 23.0. The van der Waals surface area contributed by atoms with Gasteiger partial charge in [-0.05, 0) is 42.8 Å². The summed E-state index contributed by atoms with van der Waals surface area (Å²) >= 11 is 13.8. The van der Waals surface area contributed by atoms with Crippen LogP contribution in [0, 0.1) is 0 Å². The van der Waals surface area contributed by atoms with Gasteiger partial charge < -0.3 is 9.47 Å². The van der Waals surface area contributed by atoms with E-state index in [0.717, 1.165) is 0 Å². The lowest BCUT2D eigenvalue weighted by molar-refractivity contribution is -0.136. The molecule has 1 aromatic heterocycles. The van der Waals surface area contributed by atoms with E-state index in [1.165, 1.54) is 30.1 Å². The lowest BCUT2D eigenvalue weighted by atomic mass is 9.95. The molecule has 6 nitrogen and oxygen atoms in total. The molecule has 0 amide bonds. The first-order chi connectivity index (χ1) is 15.3. The molecule has 1 atom stereocenters. The molecule has 0 N–H and O–H groups in total. The predicted molar refractivity (Wildman–Crippen MR) is 125 cm³/mol. The van der Waals surface area contributed by atoms with Gasteiger partial charge in [0.25, 0.3) is 5.56 Å². The number of methoxy groups -OCH3 is 2. The Hall–Kier alpha value is -2.87. The highest BCUT2D eigenvalue weighted by Gasteiger charge is 2.35. The van der Waals surface area contributed by atoms with Crippen molar-refractivity contribution in [2.24, 2.45) is 4.99 Å². The van der Waals surface area contributed by atoms with Crippen molar-refractivity contribution in [2.75, 3.05) is 14.2 Å². The van der Waals surface area contributed by atoms with Crippen LogP contribution in [0.3, 0.4) is 0 Å². The molecule has 32 heavy (non-hydrogen) atoms. The van der Waals surface area contributed by atoms with Crippen molar-refractivity contribution in [3.05, 3.63) is 94.6 Å². The minimum absolute atomic E-state index is 0.241. The molecule has 0 unspecified atom stereocenters. The number of thiazole rings is 1. The van der Waals surface area contributed by atoms with E-state index in [-0.39, 0.29) is 11.1 Å². The third kappa shape index (κ3) is 3.88. The van der Waals surface area contributed by atoms with E-state index >= 15 is 0 Å². The van der Waals surface area contributed by atoms with Crippen molar-refractivity contribution < 1.29 is 14.3 Å². The maximum Gasteiger partial charge on any atom is 0.338 e. The summed E-state index contributed by atoms with van der Waals surface area (Å²) in [5.74, 6) is -0.102. The lowest BCUT2D eigenvalue weighted by Gasteiger charge is -2.25. The van der Waals surface area contributed by atoms with Crippen LogP contribution in [-0.4, -0.2) is 24.8 Å². The fourth-order valence-corrected chi connectivity index (χ4v) is 5.05. The van der Waals surface area contributed by atoms with Gasteiger partial charge in [0.1, 0.15) is 11.8 Å². The SMILES string of the molecule is COC(=O)C1=C(C)N=c2s/c(=C\c3ccccc3Cl)c(=O)n2[C@H]1c1cc(Cl)ccc1OC. The zero-order valence-corrected chi connectivity index (χ0v) is 19.7. The average molecular weight is 489 g/mol. The third-order valence-electron chi connectivity index (χ3n) is 5.11. The van der Waals surface area contributed by atoms with Crippen LogP contribution < -0.4 is 19.6 Å². The first-order valence-corrected chi connectivity index (χ1v) is 11.1. The van der Waals surface area contributed by atoms with E-state index in [4.69, 9.17) is 32.7 Å². The molecule has 0 saturated carbocycles. The molecule has 2 heterocycles. The Labute approximate surface area is 197 Å². The second kappa shape index (κ2) is 8.94. The number of halogens is 2. The number of carbonyl (C=O) groups excluding carboxylic acids is 1. The van der Waals surface area contributed by atoms with E-state index < -0.39 is 12.0 Å². The van der Waals surface area contributed by atoms with Crippen molar-refractivity contribution in [1.82, 2.24) is 4.57 Å². The Morgan fingerprint density at radius 1 is 1.19 bits per heavy atom. The average Bonchev–Trinajstić information content (AvgIpc) is 3.08. The first kappa shape index (κ1) is 22.3. The number of ether oxygens (including phenoxy) is 2. The summed E-state index contributed by atoms with van der Waals surface area (Å²) in [6, 6.07) is 11.5. The minimum atomic E-state index is -0.819. The van der Waals surface area contributed by atoms with Gasteiger partial charge in [0, 0.05) is 15.6 Å². The molecule has 1 aliphatic rings. The predicted octanol–water partition coefficient (Wildman–Crippen LogP) is 3.72. The second-order valence-corrected chi connectivity index (χ2v) is 8.83. The summed E-state index contributed by atoms with van der Waals surface area (Å²) in [6.07, 6.45) is 1.72. The van der Waals surface area contributed by atoms with E-state index in [0.29, 0.717) is 42.0 Å². The largest absolute Gasteiger partial charge is 0.496 e. The van der Waals surface area contributed by atoms with Gasteiger partial charge in [-0.3, -0.25) is 9.36 Å². The molecule has 0 saturated heterocycles. The maximum atomic E-state index is 13.6. The first-order valence-electron chi connectivity index (χ1n) is 9.54. The molecule has 164 valence electrons. The molecule has 2 aromatic carbocycles. The van der Waals surface area contributed by atoms with Gasteiger partial charge in [-0.15, -0.1) is 0 Å². The van der Waals surface area contributed by atoms with Gasteiger partial charge in [-0.1, -0.05) is 52.7 Å². The lowest BCUT2D eigenvalue weighted by Crippen LogP contribution is -2.40.